The molecule has 1 saturated heterocycles. The third-order valence-corrected chi connectivity index (χ3v) is 6.73. The van der Waals surface area contributed by atoms with Crippen LogP contribution in [-0.4, -0.2) is 59.1 Å². The van der Waals surface area contributed by atoms with Crippen LogP contribution < -0.4 is 10.4 Å². The molecule has 1 aliphatic carbocycles. The highest BCUT2D eigenvalue weighted by atomic mass is 16.5. The number of nitrogens with zero attached hydrogens (tertiary/aromatic N) is 1. The van der Waals surface area contributed by atoms with E-state index in [-0.39, 0.29) is 29.3 Å². The van der Waals surface area contributed by atoms with Crippen molar-refractivity contribution in [2.45, 2.75) is 62.8 Å². The highest BCUT2D eigenvalue weighted by Gasteiger charge is 2.38. The van der Waals surface area contributed by atoms with Gasteiger partial charge in [0.25, 0.3) is 0 Å². The number of aromatic carboxylic acids is 1. The molecule has 8 heteroatoms. The Bertz CT molecular complexity index is 774. The second-order valence-electron chi connectivity index (χ2n) is 8.91. The smallest absolute Gasteiger partial charge is 0.526 e. The predicted molar refractivity (Wildman–Crippen MR) is 109 cm³/mol. The second kappa shape index (κ2) is 8.46. The molecule has 7 nitrogen and oxygen atoms in total. The fraction of sp³-hybridized carbons (Fsp3) is 0.619. The second-order valence-corrected chi connectivity index (χ2v) is 8.91. The maximum atomic E-state index is 12.7. The fourth-order valence-electron chi connectivity index (χ4n) is 5.09. The SMILES string of the molecule is NC1CN(C2CCC(CC(=O)C[C@H]3Cc4cccc(C(=O)O)c4OB3O)CC2)C1. The van der Waals surface area contributed by atoms with Gasteiger partial charge < -0.3 is 20.5 Å². The van der Waals surface area contributed by atoms with E-state index in [1.165, 1.54) is 6.07 Å². The minimum Gasteiger partial charge on any atom is -0.535 e. The fourth-order valence-corrected chi connectivity index (χ4v) is 5.09. The van der Waals surface area contributed by atoms with E-state index in [1.54, 1.807) is 12.1 Å². The van der Waals surface area contributed by atoms with Crippen molar-refractivity contribution in [1.29, 1.82) is 0 Å². The van der Waals surface area contributed by atoms with E-state index in [4.69, 9.17) is 10.4 Å². The minimum atomic E-state index is -1.15. The molecule has 1 saturated carbocycles. The monoisotopic (exact) mass is 400 g/mol. The largest absolute Gasteiger partial charge is 0.535 e. The average Bonchev–Trinajstić information content (AvgIpc) is 2.66. The van der Waals surface area contributed by atoms with Crippen molar-refractivity contribution in [3.05, 3.63) is 29.3 Å². The third-order valence-electron chi connectivity index (χ3n) is 6.73. The highest BCUT2D eigenvalue weighted by Crippen LogP contribution is 2.37. The first-order valence-electron chi connectivity index (χ1n) is 10.6. The number of hydrogen-bond acceptors (Lipinski definition) is 6. The number of carbonyl (C=O) groups is 2. The number of benzene rings is 1. The van der Waals surface area contributed by atoms with Gasteiger partial charge in [-0.2, -0.15) is 0 Å². The number of nitrogens with two attached hydrogens (primary N) is 1. The Labute approximate surface area is 171 Å². The number of carboxylic acids is 1. The number of likely N-dealkylation sites (tertiary alicyclic amines) is 1. The minimum absolute atomic E-state index is 0.0474. The molecular weight excluding hydrogens is 371 g/mol. The Hall–Kier alpha value is -1.90. The average molecular weight is 400 g/mol. The molecule has 0 aromatic heterocycles. The normalized spacial score (nSPS) is 27.7. The van der Waals surface area contributed by atoms with Crippen LogP contribution >= 0.6 is 0 Å². The number of Topliss-reactive ketones (excluding diaryl/α,β-unsaturated/α-hetero) is 1. The Morgan fingerprint density at radius 2 is 1.90 bits per heavy atom. The van der Waals surface area contributed by atoms with Crippen molar-refractivity contribution in [3.63, 3.8) is 0 Å². The number of para-hydroxylation sites is 1. The van der Waals surface area contributed by atoms with Crippen molar-refractivity contribution in [2.75, 3.05) is 13.1 Å². The van der Waals surface area contributed by atoms with E-state index in [1.807, 2.05) is 0 Å². The highest BCUT2D eigenvalue weighted by molar-refractivity contribution is 6.47. The van der Waals surface area contributed by atoms with E-state index in [0.29, 0.717) is 30.8 Å². The number of ketones is 1. The molecule has 0 amide bonds. The van der Waals surface area contributed by atoms with Crippen molar-refractivity contribution >= 4 is 18.9 Å². The van der Waals surface area contributed by atoms with Gasteiger partial charge in [0.1, 0.15) is 11.5 Å². The van der Waals surface area contributed by atoms with Gasteiger partial charge in [-0.15, -0.1) is 0 Å². The van der Waals surface area contributed by atoms with Gasteiger partial charge in [0.2, 0.25) is 0 Å². The van der Waals surface area contributed by atoms with Gasteiger partial charge >= 0.3 is 13.1 Å². The lowest BCUT2D eigenvalue weighted by molar-refractivity contribution is -0.120. The number of hydrogen-bond donors (Lipinski definition) is 3. The summed E-state index contributed by atoms with van der Waals surface area (Å²) in [4.78, 5) is 26.4. The van der Waals surface area contributed by atoms with Gasteiger partial charge in [0, 0.05) is 43.8 Å². The molecule has 0 unspecified atom stereocenters. The van der Waals surface area contributed by atoms with Crippen molar-refractivity contribution in [3.8, 4) is 5.75 Å². The molecule has 1 aromatic rings. The molecule has 3 aliphatic rings. The van der Waals surface area contributed by atoms with Crippen LogP contribution in [0.4, 0.5) is 0 Å². The van der Waals surface area contributed by atoms with Crippen LogP contribution in [-0.2, 0) is 11.2 Å². The summed E-state index contributed by atoms with van der Waals surface area (Å²) in [5.41, 5.74) is 6.66. The van der Waals surface area contributed by atoms with Gasteiger partial charge in [-0.3, -0.25) is 9.69 Å². The van der Waals surface area contributed by atoms with Crippen LogP contribution in [0.15, 0.2) is 18.2 Å². The van der Waals surface area contributed by atoms with Gasteiger partial charge in [-0.05, 0) is 49.7 Å². The van der Waals surface area contributed by atoms with Crippen LogP contribution in [0.25, 0.3) is 0 Å². The molecule has 1 aromatic carbocycles. The van der Waals surface area contributed by atoms with Gasteiger partial charge in [0.05, 0.1) is 5.56 Å². The van der Waals surface area contributed by atoms with E-state index < -0.39 is 13.1 Å². The summed E-state index contributed by atoms with van der Waals surface area (Å²) in [5, 5.41) is 19.6. The van der Waals surface area contributed by atoms with Crippen LogP contribution in [0, 0.1) is 5.92 Å². The standard InChI is InChI=1S/C21H29BN2O5/c23-16-11-24(12-16)17-6-4-13(5-7-17)8-18(25)10-15-9-14-2-1-3-19(21(26)27)20(14)29-22(15)28/h1-3,13,15-17,28H,4-12,23H2,(H,26,27)/t13?,15-,17?/m1/s1. The molecule has 4 N–H and O–H groups in total. The summed E-state index contributed by atoms with van der Waals surface area (Å²) in [5.74, 6) is -0.622. The van der Waals surface area contributed by atoms with Crippen molar-refractivity contribution in [2.24, 2.45) is 11.7 Å². The van der Waals surface area contributed by atoms with E-state index >= 15 is 0 Å². The molecule has 2 heterocycles. The van der Waals surface area contributed by atoms with E-state index in [0.717, 1.165) is 44.3 Å². The summed E-state index contributed by atoms with van der Waals surface area (Å²) in [6.07, 6.45) is 5.66. The first-order valence-corrected chi connectivity index (χ1v) is 10.6. The lowest BCUT2D eigenvalue weighted by atomic mass is 9.64. The van der Waals surface area contributed by atoms with Crippen molar-refractivity contribution in [1.82, 2.24) is 4.90 Å². The Morgan fingerprint density at radius 3 is 2.55 bits per heavy atom. The quantitative estimate of drug-likeness (QED) is 0.623. The molecule has 2 aliphatic heterocycles. The molecular formula is C21H29BN2O5. The van der Waals surface area contributed by atoms with Crippen LogP contribution in [0.3, 0.4) is 0 Å². The molecule has 1 atom stereocenters. The first-order chi connectivity index (χ1) is 13.9. The lowest BCUT2D eigenvalue weighted by Gasteiger charge is -2.45. The topological polar surface area (TPSA) is 113 Å². The molecule has 2 fully saturated rings. The number of fused-ring (bicyclic) bond motifs is 1. The summed E-state index contributed by atoms with van der Waals surface area (Å²) < 4.78 is 5.50. The summed E-state index contributed by atoms with van der Waals surface area (Å²) in [6, 6.07) is 5.88. The number of rotatable bonds is 6. The van der Waals surface area contributed by atoms with Gasteiger partial charge in [-0.1, -0.05) is 12.1 Å². The molecule has 29 heavy (non-hydrogen) atoms. The van der Waals surface area contributed by atoms with Crippen LogP contribution in [0.1, 0.15) is 54.4 Å². The zero-order valence-corrected chi connectivity index (χ0v) is 16.6. The van der Waals surface area contributed by atoms with Crippen LogP contribution in [0.2, 0.25) is 5.82 Å². The Morgan fingerprint density at radius 1 is 1.17 bits per heavy atom. The maximum Gasteiger partial charge on any atom is 0.526 e. The summed E-state index contributed by atoms with van der Waals surface area (Å²) in [6.45, 7) is 2.00. The molecule has 4 rings (SSSR count). The number of carboxylic acid groups (broad SMARTS) is 1. The molecule has 0 bridgehead atoms. The Kier molecular flexibility index (Phi) is 5.94. The molecule has 0 radical (unpaired) electrons. The summed E-state index contributed by atoms with van der Waals surface area (Å²) >= 11 is 0. The molecule has 156 valence electrons. The van der Waals surface area contributed by atoms with E-state index in [2.05, 4.69) is 4.90 Å². The zero-order chi connectivity index (χ0) is 20.5. The van der Waals surface area contributed by atoms with Gasteiger partial charge in [0.15, 0.2) is 0 Å². The van der Waals surface area contributed by atoms with Crippen LogP contribution in [0.5, 0.6) is 5.75 Å². The van der Waals surface area contributed by atoms with E-state index in [9.17, 15) is 19.7 Å². The first kappa shape index (κ1) is 20.4. The lowest BCUT2D eigenvalue weighted by Crippen LogP contribution is -2.59. The number of carbonyl (C=O) groups excluding carboxylic acids is 1. The predicted octanol–water partition coefficient (Wildman–Crippen LogP) is 1.72. The Balaban J connectivity index is 1.28. The zero-order valence-electron chi connectivity index (χ0n) is 16.6. The maximum absolute atomic E-state index is 12.7. The molecule has 0 spiro atoms. The van der Waals surface area contributed by atoms with Crippen molar-refractivity contribution < 1.29 is 24.4 Å². The third kappa shape index (κ3) is 4.49. The summed E-state index contributed by atoms with van der Waals surface area (Å²) in [7, 11) is -1.15. The van der Waals surface area contributed by atoms with Gasteiger partial charge in [-0.25, -0.2) is 4.79 Å².